The van der Waals surface area contributed by atoms with Gasteiger partial charge in [0.15, 0.2) is 5.84 Å². The van der Waals surface area contributed by atoms with Crippen molar-refractivity contribution in [3.05, 3.63) is 0 Å². The van der Waals surface area contributed by atoms with Crippen LogP contribution in [-0.2, 0) is 10.2 Å². The molecular weight excluding hydrogens is 232 g/mol. The first-order valence-corrected chi connectivity index (χ1v) is 6.43. The molecule has 0 bridgehead atoms. The summed E-state index contributed by atoms with van der Waals surface area (Å²) >= 11 is 0. The van der Waals surface area contributed by atoms with Gasteiger partial charge in [-0.15, -0.1) is 0 Å². The van der Waals surface area contributed by atoms with Gasteiger partial charge in [-0.25, -0.2) is 0 Å². The van der Waals surface area contributed by atoms with Crippen LogP contribution in [-0.4, -0.2) is 42.9 Å². The number of nitrogens with one attached hydrogen (secondary N) is 1. The van der Waals surface area contributed by atoms with Crippen molar-refractivity contribution in [2.75, 3.05) is 7.05 Å². The molecule has 0 fully saturated rings. The molecule has 0 saturated heterocycles. The Labute approximate surface area is 96.5 Å². The molecule has 0 aromatic heterocycles. The van der Waals surface area contributed by atoms with Crippen molar-refractivity contribution in [3.8, 4) is 0 Å². The summed E-state index contributed by atoms with van der Waals surface area (Å²) in [7, 11) is -2.15. The van der Waals surface area contributed by atoms with Gasteiger partial charge < -0.3 is 10.9 Å². The third-order valence-corrected chi connectivity index (χ3v) is 4.04. The fraction of sp³-hybridized carbons (Fsp3) is 0.875. The molecule has 0 aromatic rings. The molecule has 96 valence electrons. The summed E-state index contributed by atoms with van der Waals surface area (Å²) in [4.78, 5) is 0. The Morgan fingerprint density at radius 1 is 1.56 bits per heavy atom. The van der Waals surface area contributed by atoms with E-state index in [4.69, 9.17) is 10.9 Å². The summed E-state index contributed by atoms with van der Waals surface area (Å²) in [5.41, 5.74) is 5.37. The highest BCUT2D eigenvalue weighted by atomic mass is 32.2. The summed E-state index contributed by atoms with van der Waals surface area (Å²) in [5.74, 6) is -0.150. The largest absolute Gasteiger partial charge is 0.409 e. The van der Waals surface area contributed by atoms with E-state index >= 15 is 0 Å². The minimum absolute atomic E-state index is 0.150. The standard InChI is InChI=1S/C8H20N4O3S/c1-5-7(8(9)10-13)11-16(14,15)12(4)6(2)3/h6-7,11,13H,5H2,1-4H3,(H2,9,10). The average Bonchev–Trinajstić information content (AvgIpc) is 2.23. The highest BCUT2D eigenvalue weighted by molar-refractivity contribution is 7.87. The SMILES string of the molecule is CCC(NS(=O)(=O)N(C)C(C)C)C(N)=NO. The van der Waals surface area contributed by atoms with Gasteiger partial charge in [0, 0.05) is 13.1 Å². The van der Waals surface area contributed by atoms with Gasteiger partial charge in [0.05, 0.1) is 6.04 Å². The minimum Gasteiger partial charge on any atom is -0.409 e. The molecular formula is C8H20N4O3S. The van der Waals surface area contributed by atoms with E-state index in [2.05, 4.69) is 9.88 Å². The molecule has 7 nitrogen and oxygen atoms in total. The molecule has 0 saturated carbocycles. The van der Waals surface area contributed by atoms with Crippen LogP contribution in [0.2, 0.25) is 0 Å². The number of nitrogens with zero attached hydrogens (tertiary/aromatic N) is 2. The van der Waals surface area contributed by atoms with Crippen LogP contribution in [0.25, 0.3) is 0 Å². The molecule has 0 aliphatic carbocycles. The molecule has 0 spiro atoms. The van der Waals surface area contributed by atoms with Crippen LogP contribution in [0.1, 0.15) is 27.2 Å². The van der Waals surface area contributed by atoms with Crippen molar-refractivity contribution >= 4 is 16.0 Å². The second-order valence-electron chi connectivity index (χ2n) is 3.72. The number of nitrogens with two attached hydrogens (primary N) is 1. The average molecular weight is 252 g/mol. The van der Waals surface area contributed by atoms with Crippen molar-refractivity contribution in [2.24, 2.45) is 10.9 Å². The molecule has 0 aliphatic rings. The molecule has 1 atom stereocenters. The number of hydrogen-bond donors (Lipinski definition) is 3. The molecule has 8 heteroatoms. The first-order chi connectivity index (χ1) is 7.26. The molecule has 1 unspecified atom stereocenters. The predicted molar refractivity (Wildman–Crippen MR) is 62.4 cm³/mol. The summed E-state index contributed by atoms with van der Waals surface area (Å²) in [5, 5.41) is 11.3. The lowest BCUT2D eigenvalue weighted by Crippen LogP contribution is -2.50. The van der Waals surface area contributed by atoms with Crippen molar-refractivity contribution in [2.45, 2.75) is 39.3 Å². The Bertz CT molecular complexity index is 339. The molecule has 0 aliphatic heterocycles. The van der Waals surface area contributed by atoms with Crippen LogP contribution in [0.4, 0.5) is 0 Å². The van der Waals surface area contributed by atoms with E-state index in [9.17, 15) is 8.42 Å². The lowest BCUT2D eigenvalue weighted by atomic mass is 10.2. The Morgan fingerprint density at radius 3 is 2.38 bits per heavy atom. The van der Waals surface area contributed by atoms with Gasteiger partial charge in [-0.3, -0.25) is 0 Å². The molecule has 4 N–H and O–H groups in total. The third kappa shape index (κ3) is 3.95. The lowest BCUT2D eigenvalue weighted by molar-refractivity contribution is 0.315. The van der Waals surface area contributed by atoms with Crippen LogP contribution < -0.4 is 10.5 Å². The van der Waals surface area contributed by atoms with E-state index in [1.165, 1.54) is 11.4 Å². The van der Waals surface area contributed by atoms with Gasteiger partial charge in [-0.05, 0) is 20.3 Å². The summed E-state index contributed by atoms with van der Waals surface area (Å²) in [6.45, 7) is 5.24. The van der Waals surface area contributed by atoms with Gasteiger partial charge in [-0.1, -0.05) is 12.1 Å². The van der Waals surface area contributed by atoms with E-state index in [0.717, 1.165) is 0 Å². The molecule has 16 heavy (non-hydrogen) atoms. The second kappa shape index (κ2) is 6.02. The van der Waals surface area contributed by atoms with Gasteiger partial charge in [0.1, 0.15) is 0 Å². The monoisotopic (exact) mass is 252 g/mol. The number of oxime groups is 1. The van der Waals surface area contributed by atoms with Gasteiger partial charge in [0.2, 0.25) is 0 Å². The number of rotatable bonds is 6. The zero-order valence-corrected chi connectivity index (χ0v) is 10.8. The zero-order valence-electron chi connectivity index (χ0n) is 10.0. The molecule has 0 aromatic carbocycles. The molecule has 0 heterocycles. The van der Waals surface area contributed by atoms with E-state index < -0.39 is 16.3 Å². The minimum atomic E-state index is -3.61. The van der Waals surface area contributed by atoms with Crippen LogP contribution in [0.15, 0.2) is 5.16 Å². The highest BCUT2D eigenvalue weighted by Gasteiger charge is 2.25. The van der Waals surface area contributed by atoms with Crippen LogP contribution in [0, 0.1) is 0 Å². The highest BCUT2D eigenvalue weighted by Crippen LogP contribution is 2.03. The van der Waals surface area contributed by atoms with E-state index in [0.29, 0.717) is 6.42 Å². The van der Waals surface area contributed by atoms with Crippen molar-refractivity contribution in [1.29, 1.82) is 0 Å². The zero-order chi connectivity index (χ0) is 12.9. The Hall–Kier alpha value is -0.860. The second-order valence-corrected chi connectivity index (χ2v) is 5.48. The fourth-order valence-electron chi connectivity index (χ4n) is 0.963. The summed E-state index contributed by atoms with van der Waals surface area (Å²) in [6.07, 6.45) is 0.404. The number of hydrogen-bond acceptors (Lipinski definition) is 4. The summed E-state index contributed by atoms with van der Waals surface area (Å²) in [6, 6.07) is -0.863. The molecule has 0 rings (SSSR count). The summed E-state index contributed by atoms with van der Waals surface area (Å²) < 4.78 is 27.1. The maximum Gasteiger partial charge on any atom is 0.280 e. The van der Waals surface area contributed by atoms with E-state index in [-0.39, 0.29) is 11.9 Å². The molecule has 0 amide bonds. The third-order valence-electron chi connectivity index (χ3n) is 2.28. The van der Waals surface area contributed by atoms with Crippen molar-refractivity contribution in [1.82, 2.24) is 9.03 Å². The first kappa shape index (κ1) is 15.1. The topological polar surface area (TPSA) is 108 Å². The van der Waals surface area contributed by atoms with E-state index in [1.54, 1.807) is 20.8 Å². The number of amidine groups is 1. The van der Waals surface area contributed by atoms with Gasteiger partial charge >= 0.3 is 0 Å². The Kier molecular flexibility index (Phi) is 5.70. The quantitative estimate of drug-likeness (QED) is 0.261. The molecule has 0 radical (unpaired) electrons. The van der Waals surface area contributed by atoms with Crippen LogP contribution >= 0.6 is 0 Å². The lowest BCUT2D eigenvalue weighted by Gasteiger charge is -2.24. The fourth-order valence-corrected chi connectivity index (χ4v) is 2.33. The normalized spacial score (nSPS) is 15.8. The van der Waals surface area contributed by atoms with Crippen molar-refractivity contribution in [3.63, 3.8) is 0 Å². The van der Waals surface area contributed by atoms with Crippen LogP contribution in [0.3, 0.4) is 0 Å². The Balaban J connectivity index is 4.82. The van der Waals surface area contributed by atoms with Gasteiger partial charge in [-0.2, -0.15) is 17.4 Å². The predicted octanol–water partition coefficient (Wildman–Crippen LogP) is -0.314. The smallest absolute Gasteiger partial charge is 0.280 e. The maximum atomic E-state index is 11.8. The first-order valence-electron chi connectivity index (χ1n) is 4.99. The van der Waals surface area contributed by atoms with E-state index in [1.807, 2.05) is 0 Å². The van der Waals surface area contributed by atoms with Crippen LogP contribution in [0.5, 0.6) is 0 Å². The maximum absolute atomic E-state index is 11.8. The van der Waals surface area contributed by atoms with Crippen molar-refractivity contribution < 1.29 is 13.6 Å². The van der Waals surface area contributed by atoms with Gasteiger partial charge in [0.25, 0.3) is 10.2 Å². The Morgan fingerprint density at radius 2 is 2.06 bits per heavy atom.